The summed E-state index contributed by atoms with van der Waals surface area (Å²) in [6.45, 7) is 5.59. The van der Waals surface area contributed by atoms with E-state index in [0.717, 1.165) is 39.1 Å². The minimum absolute atomic E-state index is 0. The Kier molecular flexibility index (Phi) is 7.49. The van der Waals surface area contributed by atoms with Crippen molar-refractivity contribution in [3.05, 3.63) is 107 Å². The molecular formula is C26H30ClNO. The molecule has 3 aromatic rings. The highest BCUT2D eigenvalue weighted by atomic mass is 35.5. The molecule has 0 spiro atoms. The van der Waals surface area contributed by atoms with Gasteiger partial charge in [-0.1, -0.05) is 78.9 Å². The zero-order chi connectivity index (χ0) is 19.2. The van der Waals surface area contributed by atoms with Gasteiger partial charge in [0.2, 0.25) is 0 Å². The van der Waals surface area contributed by atoms with Crippen molar-refractivity contribution < 1.29 is 4.74 Å². The monoisotopic (exact) mass is 407 g/mol. The number of halogens is 1. The van der Waals surface area contributed by atoms with Gasteiger partial charge in [0.1, 0.15) is 0 Å². The Bertz CT molecular complexity index is 911. The second-order valence-corrected chi connectivity index (χ2v) is 7.80. The van der Waals surface area contributed by atoms with E-state index < -0.39 is 0 Å². The van der Waals surface area contributed by atoms with Crippen LogP contribution in [0.4, 0.5) is 0 Å². The van der Waals surface area contributed by atoms with Gasteiger partial charge in [0, 0.05) is 12.0 Å². The molecule has 0 aromatic heterocycles. The summed E-state index contributed by atoms with van der Waals surface area (Å²) < 4.78 is 6.09. The van der Waals surface area contributed by atoms with Crippen LogP contribution in [0.15, 0.2) is 78.9 Å². The highest BCUT2D eigenvalue weighted by Gasteiger charge is 2.38. The van der Waals surface area contributed by atoms with Crippen LogP contribution in [0.25, 0.3) is 0 Å². The third-order valence-electron chi connectivity index (χ3n) is 6.00. The van der Waals surface area contributed by atoms with Crippen LogP contribution < -0.4 is 5.32 Å². The van der Waals surface area contributed by atoms with E-state index in [1.54, 1.807) is 0 Å². The van der Waals surface area contributed by atoms with Gasteiger partial charge in [-0.15, -0.1) is 12.4 Å². The topological polar surface area (TPSA) is 21.3 Å². The first-order valence-electron chi connectivity index (χ1n) is 10.3. The maximum absolute atomic E-state index is 6.09. The first-order valence-corrected chi connectivity index (χ1v) is 10.3. The number of nitrogens with one attached hydrogen (secondary N) is 1. The van der Waals surface area contributed by atoms with Crippen molar-refractivity contribution >= 4 is 12.4 Å². The summed E-state index contributed by atoms with van der Waals surface area (Å²) >= 11 is 0. The van der Waals surface area contributed by atoms with Crippen molar-refractivity contribution in [3.63, 3.8) is 0 Å². The van der Waals surface area contributed by atoms with E-state index in [4.69, 9.17) is 4.74 Å². The van der Waals surface area contributed by atoms with E-state index in [1.165, 1.54) is 27.8 Å². The van der Waals surface area contributed by atoms with Crippen molar-refractivity contribution in [3.8, 4) is 0 Å². The number of rotatable bonds is 7. The van der Waals surface area contributed by atoms with Gasteiger partial charge in [-0.05, 0) is 54.1 Å². The molecule has 0 saturated carbocycles. The zero-order valence-corrected chi connectivity index (χ0v) is 17.9. The molecule has 152 valence electrons. The van der Waals surface area contributed by atoms with Gasteiger partial charge in [0.25, 0.3) is 0 Å². The van der Waals surface area contributed by atoms with Crippen LogP contribution in [-0.2, 0) is 23.3 Å². The molecule has 3 aromatic carbocycles. The van der Waals surface area contributed by atoms with Gasteiger partial charge in [-0.2, -0.15) is 0 Å². The van der Waals surface area contributed by atoms with Crippen molar-refractivity contribution in [1.29, 1.82) is 0 Å². The van der Waals surface area contributed by atoms with Gasteiger partial charge in [-0.25, -0.2) is 0 Å². The molecule has 1 aliphatic rings. The number of fused-ring (bicyclic) bond motifs is 1. The molecule has 2 nitrogen and oxygen atoms in total. The molecule has 3 heteroatoms. The minimum Gasteiger partial charge on any atom is -0.375 e. The number of hydrogen-bond acceptors (Lipinski definition) is 2. The molecule has 0 bridgehead atoms. The minimum atomic E-state index is -0.0551. The highest BCUT2D eigenvalue weighted by Crippen LogP contribution is 2.41. The fourth-order valence-electron chi connectivity index (χ4n) is 4.42. The zero-order valence-electron chi connectivity index (χ0n) is 17.1. The van der Waals surface area contributed by atoms with Crippen LogP contribution in [-0.4, -0.2) is 13.2 Å². The quantitative estimate of drug-likeness (QED) is 0.499. The predicted molar refractivity (Wildman–Crippen MR) is 123 cm³/mol. The first kappa shape index (κ1) is 21.6. The Morgan fingerprint density at radius 3 is 2.45 bits per heavy atom. The van der Waals surface area contributed by atoms with E-state index in [9.17, 15) is 0 Å². The van der Waals surface area contributed by atoms with Crippen LogP contribution in [0.5, 0.6) is 0 Å². The van der Waals surface area contributed by atoms with Gasteiger partial charge in [0.05, 0.1) is 13.2 Å². The molecule has 1 heterocycles. The Balaban J connectivity index is 0.00000240. The smallest absolute Gasteiger partial charge is 0.0720 e. The van der Waals surface area contributed by atoms with Crippen molar-refractivity contribution in [2.24, 2.45) is 0 Å². The summed E-state index contributed by atoms with van der Waals surface area (Å²) in [5.41, 5.74) is 6.80. The maximum Gasteiger partial charge on any atom is 0.0720 e. The summed E-state index contributed by atoms with van der Waals surface area (Å²) in [5.74, 6) is 0. The van der Waals surface area contributed by atoms with Crippen LogP contribution in [0.3, 0.4) is 0 Å². The van der Waals surface area contributed by atoms with E-state index in [2.05, 4.69) is 91.1 Å². The molecule has 1 unspecified atom stereocenters. The summed E-state index contributed by atoms with van der Waals surface area (Å²) in [6.07, 6.45) is 2.19. The SMILES string of the molecule is Cc1ccccc1CNCCCC1(c2ccccc2)COCc2ccccc21.Cl. The van der Waals surface area contributed by atoms with Crippen molar-refractivity contribution in [2.75, 3.05) is 13.2 Å². The standard InChI is InChI=1S/C26H29NO.ClH/c1-21-10-5-6-11-22(21)18-27-17-9-16-26(24-13-3-2-4-14-24)20-28-19-23-12-7-8-15-25(23)26;/h2-8,10-15,27H,9,16-20H2,1H3;1H. The molecule has 1 aliphatic heterocycles. The molecule has 0 radical (unpaired) electrons. The lowest BCUT2D eigenvalue weighted by Gasteiger charge is -2.40. The molecular weight excluding hydrogens is 378 g/mol. The van der Waals surface area contributed by atoms with Gasteiger partial charge in [-0.3, -0.25) is 0 Å². The average Bonchev–Trinajstić information content (AvgIpc) is 2.75. The fraction of sp³-hybridized carbons (Fsp3) is 0.308. The van der Waals surface area contributed by atoms with E-state index >= 15 is 0 Å². The molecule has 0 fully saturated rings. The van der Waals surface area contributed by atoms with Gasteiger partial charge in [0.15, 0.2) is 0 Å². The molecule has 0 saturated heterocycles. The lowest BCUT2D eigenvalue weighted by Crippen LogP contribution is -2.38. The molecule has 0 aliphatic carbocycles. The summed E-state index contributed by atoms with van der Waals surface area (Å²) in [4.78, 5) is 0. The van der Waals surface area contributed by atoms with Crippen molar-refractivity contribution in [2.45, 2.75) is 38.3 Å². The van der Waals surface area contributed by atoms with E-state index in [1.807, 2.05) is 0 Å². The van der Waals surface area contributed by atoms with Crippen molar-refractivity contribution in [1.82, 2.24) is 5.32 Å². The van der Waals surface area contributed by atoms with Gasteiger partial charge < -0.3 is 10.1 Å². The molecule has 4 rings (SSSR count). The molecule has 1 atom stereocenters. The van der Waals surface area contributed by atoms with Crippen LogP contribution in [0.2, 0.25) is 0 Å². The highest BCUT2D eigenvalue weighted by molar-refractivity contribution is 5.85. The second-order valence-electron chi connectivity index (χ2n) is 7.80. The molecule has 29 heavy (non-hydrogen) atoms. The average molecular weight is 408 g/mol. The number of hydrogen-bond donors (Lipinski definition) is 1. The third kappa shape index (κ3) is 4.72. The maximum atomic E-state index is 6.09. The number of benzene rings is 3. The lowest BCUT2D eigenvalue weighted by molar-refractivity contribution is 0.0613. The number of aryl methyl sites for hydroxylation is 1. The van der Waals surface area contributed by atoms with Crippen LogP contribution in [0.1, 0.15) is 40.7 Å². The van der Waals surface area contributed by atoms with Crippen LogP contribution in [0, 0.1) is 6.92 Å². The summed E-state index contributed by atoms with van der Waals surface area (Å²) in [5, 5.41) is 3.63. The van der Waals surface area contributed by atoms with Gasteiger partial charge >= 0.3 is 0 Å². The Morgan fingerprint density at radius 1 is 0.897 bits per heavy atom. The normalized spacial score (nSPS) is 18.0. The molecule has 0 amide bonds. The van der Waals surface area contributed by atoms with Crippen LogP contribution >= 0.6 is 12.4 Å². The molecule has 1 N–H and O–H groups in total. The second kappa shape index (κ2) is 10.1. The summed E-state index contributed by atoms with van der Waals surface area (Å²) in [6, 6.07) is 28.3. The fourth-order valence-corrected chi connectivity index (χ4v) is 4.42. The Labute approximate surface area is 180 Å². The first-order chi connectivity index (χ1) is 13.8. The Hall–Kier alpha value is -2.13. The lowest BCUT2D eigenvalue weighted by atomic mass is 9.69. The summed E-state index contributed by atoms with van der Waals surface area (Å²) in [7, 11) is 0. The predicted octanol–water partition coefficient (Wildman–Crippen LogP) is 5.80. The third-order valence-corrected chi connectivity index (χ3v) is 6.00. The largest absolute Gasteiger partial charge is 0.375 e. The Morgan fingerprint density at radius 2 is 1.62 bits per heavy atom. The van der Waals surface area contributed by atoms with E-state index in [0.29, 0.717) is 0 Å². The van der Waals surface area contributed by atoms with E-state index in [-0.39, 0.29) is 17.8 Å². The number of ether oxygens (including phenoxy) is 1.